The molecule has 0 aliphatic carbocycles. The van der Waals surface area contributed by atoms with E-state index in [1.807, 2.05) is 6.07 Å². The SMILES string of the molecule is CC(C)(Oc1cccc(CCCOS(C)(=O)=O)c1)C(=O)O. The van der Waals surface area contributed by atoms with Crippen LogP contribution < -0.4 is 4.74 Å². The van der Waals surface area contributed by atoms with E-state index in [4.69, 9.17) is 9.84 Å². The zero-order valence-electron chi connectivity index (χ0n) is 12.3. The van der Waals surface area contributed by atoms with Crippen molar-refractivity contribution >= 4 is 16.1 Å². The maximum Gasteiger partial charge on any atom is 0.347 e. The van der Waals surface area contributed by atoms with Gasteiger partial charge in [-0.25, -0.2) is 4.79 Å². The minimum absolute atomic E-state index is 0.116. The maximum absolute atomic E-state index is 11.0. The molecule has 21 heavy (non-hydrogen) atoms. The number of aliphatic carboxylic acids is 1. The molecular weight excluding hydrogens is 296 g/mol. The Bertz CT molecular complexity index is 591. The first-order valence-corrected chi connectivity index (χ1v) is 8.27. The first-order valence-electron chi connectivity index (χ1n) is 6.46. The van der Waals surface area contributed by atoms with Crippen LogP contribution >= 0.6 is 0 Å². The fourth-order valence-electron chi connectivity index (χ4n) is 1.59. The van der Waals surface area contributed by atoms with Crippen LogP contribution in [0.25, 0.3) is 0 Å². The minimum atomic E-state index is -3.41. The lowest BCUT2D eigenvalue weighted by atomic mass is 10.1. The van der Waals surface area contributed by atoms with E-state index >= 15 is 0 Å². The molecule has 0 radical (unpaired) electrons. The summed E-state index contributed by atoms with van der Waals surface area (Å²) in [4.78, 5) is 11.0. The number of carboxylic acids is 1. The van der Waals surface area contributed by atoms with Gasteiger partial charge in [-0.2, -0.15) is 8.42 Å². The van der Waals surface area contributed by atoms with Crippen LogP contribution in [0.3, 0.4) is 0 Å². The van der Waals surface area contributed by atoms with E-state index < -0.39 is 21.7 Å². The van der Waals surface area contributed by atoms with Crippen molar-refractivity contribution in [3.05, 3.63) is 29.8 Å². The molecule has 1 aromatic rings. The highest BCUT2D eigenvalue weighted by molar-refractivity contribution is 7.85. The van der Waals surface area contributed by atoms with Crippen molar-refractivity contribution in [1.29, 1.82) is 0 Å². The number of benzene rings is 1. The second-order valence-electron chi connectivity index (χ2n) is 5.19. The van der Waals surface area contributed by atoms with Gasteiger partial charge < -0.3 is 9.84 Å². The molecule has 0 unspecified atom stereocenters. The summed E-state index contributed by atoms with van der Waals surface area (Å²) in [6.07, 6.45) is 2.16. The molecule has 0 bridgehead atoms. The van der Waals surface area contributed by atoms with E-state index in [-0.39, 0.29) is 6.61 Å². The molecule has 0 aliphatic heterocycles. The number of carboxylic acid groups (broad SMARTS) is 1. The predicted molar refractivity (Wildman–Crippen MR) is 77.9 cm³/mol. The van der Waals surface area contributed by atoms with Crippen molar-refractivity contribution in [3.63, 3.8) is 0 Å². The van der Waals surface area contributed by atoms with Crippen LogP contribution in [0, 0.1) is 0 Å². The summed E-state index contributed by atoms with van der Waals surface area (Å²) < 4.78 is 31.7. The molecule has 0 spiro atoms. The van der Waals surface area contributed by atoms with E-state index in [1.165, 1.54) is 13.8 Å². The number of hydrogen-bond donors (Lipinski definition) is 1. The van der Waals surface area contributed by atoms with Crippen LogP contribution in [0.5, 0.6) is 5.75 Å². The van der Waals surface area contributed by atoms with Crippen molar-refractivity contribution in [1.82, 2.24) is 0 Å². The van der Waals surface area contributed by atoms with Crippen LogP contribution in [0.1, 0.15) is 25.8 Å². The van der Waals surface area contributed by atoms with Gasteiger partial charge in [0, 0.05) is 0 Å². The molecule has 0 amide bonds. The van der Waals surface area contributed by atoms with Crippen LogP contribution in [0.4, 0.5) is 0 Å². The molecule has 0 heterocycles. The topological polar surface area (TPSA) is 89.9 Å². The quantitative estimate of drug-likeness (QED) is 0.581. The molecular formula is C14H20O6S. The summed E-state index contributed by atoms with van der Waals surface area (Å²) in [5.74, 6) is -0.585. The Morgan fingerprint density at radius 1 is 1.33 bits per heavy atom. The lowest BCUT2D eigenvalue weighted by Crippen LogP contribution is -2.37. The lowest BCUT2D eigenvalue weighted by molar-refractivity contribution is -0.152. The Morgan fingerprint density at radius 3 is 2.57 bits per heavy atom. The molecule has 0 saturated carbocycles. The number of ether oxygens (including phenoxy) is 1. The Balaban J connectivity index is 2.59. The van der Waals surface area contributed by atoms with E-state index in [0.717, 1.165) is 11.8 Å². The van der Waals surface area contributed by atoms with Crippen molar-refractivity contribution < 1.29 is 27.2 Å². The van der Waals surface area contributed by atoms with Gasteiger partial charge in [0.15, 0.2) is 5.60 Å². The fourth-order valence-corrected chi connectivity index (χ4v) is 2.01. The Hall–Kier alpha value is -1.60. The largest absolute Gasteiger partial charge is 0.478 e. The van der Waals surface area contributed by atoms with Crippen LogP contribution in [-0.2, 0) is 25.5 Å². The monoisotopic (exact) mass is 316 g/mol. The molecule has 1 N–H and O–H groups in total. The van der Waals surface area contributed by atoms with Gasteiger partial charge in [0.1, 0.15) is 5.75 Å². The second kappa shape index (κ2) is 6.91. The molecule has 0 atom stereocenters. The first-order chi connectivity index (χ1) is 9.60. The van der Waals surface area contributed by atoms with Crippen LogP contribution in [-0.4, -0.2) is 38.0 Å². The third-order valence-corrected chi connectivity index (χ3v) is 3.29. The minimum Gasteiger partial charge on any atom is -0.478 e. The van der Waals surface area contributed by atoms with Gasteiger partial charge in [-0.05, 0) is 44.4 Å². The fraction of sp³-hybridized carbons (Fsp3) is 0.500. The zero-order valence-corrected chi connectivity index (χ0v) is 13.1. The summed E-state index contributed by atoms with van der Waals surface area (Å²) in [5, 5.41) is 9.02. The molecule has 0 fully saturated rings. The summed E-state index contributed by atoms with van der Waals surface area (Å²) >= 11 is 0. The third kappa shape index (κ3) is 6.59. The van der Waals surface area contributed by atoms with Gasteiger partial charge >= 0.3 is 5.97 Å². The van der Waals surface area contributed by atoms with Gasteiger partial charge in [0.05, 0.1) is 12.9 Å². The van der Waals surface area contributed by atoms with Crippen LogP contribution in [0.2, 0.25) is 0 Å². The standard InChI is InChI=1S/C14H20O6S/c1-14(2,13(15)16)20-12-8-4-6-11(10-12)7-5-9-19-21(3,17)18/h4,6,8,10H,5,7,9H2,1-3H3,(H,15,16). The highest BCUT2D eigenvalue weighted by Crippen LogP contribution is 2.20. The van der Waals surface area contributed by atoms with Gasteiger partial charge in [-0.3, -0.25) is 4.18 Å². The van der Waals surface area contributed by atoms with Crippen LogP contribution in [0.15, 0.2) is 24.3 Å². The Labute approximate surface area is 124 Å². The summed E-state index contributed by atoms with van der Waals surface area (Å²) in [7, 11) is -3.41. The molecule has 6 nitrogen and oxygen atoms in total. The molecule has 7 heteroatoms. The number of rotatable bonds is 8. The predicted octanol–water partition coefficient (Wildman–Crippen LogP) is 1.84. The average Bonchev–Trinajstić information content (AvgIpc) is 2.33. The first kappa shape index (κ1) is 17.5. The summed E-state index contributed by atoms with van der Waals surface area (Å²) in [6.45, 7) is 3.06. The smallest absolute Gasteiger partial charge is 0.347 e. The van der Waals surface area contributed by atoms with E-state index in [2.05, 4.69) is 4.18 Å². The molecule has 1 aromatic carbocycles. The molecule has 1 rings (SSSR count). The molecule has 0 aliphatic rings. The second-order valence-corrected chi connectivity index (χ2v) is 6.84. The maximum atomic E-state index is 11.0. The van der Waals surface area contributed by atoms with Gasteiger partial charge in [-0.1, -0.05) is 12.1 Å². The number of aryl methyl sites for hydroxylation is 1. The van der Waals surface area contributed by atoms with Crippen molar-refractivity contribution in [2.24, 2.45) is 0 Å². The summed E-state index contributed by atoms with van der Waals surface area (Å²) in [5.41, 5.74) is -0.385. The molecule has 0 aromatic heterocycles. The molecule has 0 saturated heterocycles. The van der Waals surface area contributed by atoms with Gasteiger partial charge in [0.2, 0.25) is 0 Å². The van der Waals surface area contributed by atoms with E-state index in [9.17, 15) is 13.2 Å². The lowest BCUT2D eigenvalue weighted by Gasteiger charge is -2.21. The van der Waals surface area contributed by atoms with E-state index in [0.29, 0.717) is 18.6 Å². The number of hydrogen-bond acceptors (Lipinski definition) is 5. The average molecular weight is 316 g/mol. The van der Waals surface area contributed by atoms with Crippen molar-refractivity contribution in [2.75, 3.05) is 12.9 Å². The third-order valence-electron chi connectivity index (χ3n) is 2.69. The zero-order chi connectivity index (χ0) is 16.1. The normalized spacial score (nSPS) is 12.1. The Morgan fingerprint density at radius 2 is 2.00 bits per heavy atom. The van der Waals surface area contributed by atoms with Gasteiger partial charge in [0.25, 0.3) is 10.1 Å². The highest BCUT2D eigenvalue weighted by Gasteiger charge is 2.29. The Kier molecular flexibility index (Phi) is 5.74. The number of carbonyl (C=O) groups is 1. The molecule has 118 valence electrons. The highest BCUT2D eigenvalue weighted by atomic mass is 32.2. The summed E-state index contributed by atoms with van der Waals surface area (Å²) in [6, 6.07) is 7.05. The van der Waals surface area contributed by atoms with Crippen molar-refractivity contribution in [2.45, 2.75) is 32.3 Å². The van der Waals surface area contributed by atoms with Gasteiger partial charge in [-0.15, -0.1) is 0 Å². The van der Waals surface area contributed by atoms with Crippen molar-refractivity contribution in [3.8, 4) is 5.75 Å². The van der Waals surface area contributed by atoms with E-state index in [1.54, 1.807) is 18.2 Å².